The van der Waals surface area contributed by atoms with E-state index in [2.05, 4.69) is 19.0 Å². The molecule has 0 radical (unpaired) electrons. The van der Waals surface area contributed by atoms with E-state index in [4.69, 9.17) is 4.84 Å². The van der Waals surface area contributed by atoms with Crippen LogP contribution in [0.2, 0.25) is 0 Å². The molecular weight excluding hydrogens is 186 g/mol. The number of rotatable bonds is 10. The molecule has 0 saturated heterocycles. The van der Waals surface area contributed by atoms with Gasteiger partial charge in [-0.05, 0) is 25.7 Å². The van der Waals surface area contributed by atoms with E-state index < -0.39 is 0 Å². The highest BCUT2D eigenvalue weighted by Crippen LogP contribution is 2.09. The number of oxime groups is 1. The smallest absolute Gasteiger partial charge is 0.106 e. The maximum Gasteiger partial charge on any atom is 0.106 e. The highest BCUT2D eigenvalue weighted by atomic mass is 16.6. The Bertz CT molecular complexity index is 155. The molecule has 0 aromatic heterocycles. The molecule has 0 aliphatic carbocycles. The van der Waals surface area contributed by atoms with E-state index >= 15 is 0 Å². The van der Waals surface area contributed by atoms with Crippen LogP contribution in [0, 0.1) is 0 Å². The molecule has 0 N–H and O–H groups in total. The molecule has 15 heavy (non-hydrogen) atoms. The van der Waals surface area contributed by atoms with E-state index in [1.165, 1.54) is 50.7 Å². The van der Waals surface area contributed by atoms with Crippen LogP contribution in [0.5, 0.6) is 0 Å². The van der Waals surface area contributed by atoms with Gasteiger partial charge in [0, 0.05) is 0 Å². The van der Waals surface area contributed by atoms with Crippen LogP contribution in [0.25, 0.3) is 0 Å². The average molecular weight is 213 g/mol. The Hall–Kier alpha value is -0.530. The number of unbranched alkanes of at least 4 members (excludes halogenated alkanes) is 5. The Morgan fingerprint density at radius 1 is 0.867 bits per heavy atom. The molecule has 0 aliphatic heterocycles. The summed E-state index contributed by atoms with van der Waals surface area (Å²) >= 11 is 0. The Balaban J connectivity index is 3.53. The van der Waals surface area contributed by atoms with Gasteiger partial charge in [-0.15, -0.1) is 0 Å². The van der Waals surface area contributed by atoms with Gasteiger partial charge in [-0.3, -0.25) is 0 Å². The Morgan fingerprint density at radius 2 is 1.47 bits per heavy atom. The molecule has 0 amide bonds. The van der Waals surface area contributed by atoms with Gasteiger partial charge in [0.05, 0.1) is 5.71 Å². The van der Waals surface area contributed by atoms with Crippen molar-refractivity contribution >= 4 is 5.71 Å². The predicted molar refractivity (Wildman–Crippen MR) is 67.3 cm³/mol. The molecule has 0 rings (SSSR count). The highest BCUT2D eigenvalue weighted by molar-refractivity contribution is 5.83. The zero-order valence-electron chi connectivity index (χ0n) is 10.7. The third kappa shape index (κ3) is 9.77. The predicted octanol–water partition coefficient (Wildman–Crippen LogP) is 4.54. The molecule has 0 bridgehead atoms. The fourth-order valence-corrected chi connectivity index (χ4v) is 1.66. The molecule has 0 fully saturated rings. The van der Waals surface area contributed by atoms with Gasteiger partial charge < -0.3 is 4.84 Å². The fraction of sp³-hybridized carbons (Fsp3) is 0.923. The Morgan fingerprint density at radius 3 is 2.07 bits per heavy atom. The molecule has 0 aliphatic rings. The van der Waals surface area contributed by atoms with E-state index in [9.17, 15) is 0 Å². The lowest BCUT2D eigenvalue weighted by Gasteiger charge is -2.04. The van der Waals surface area contributed by atoms with E-state index in [1.807, 2.05) is 0 Å². The second kappa shape index (κ2) is 11.5. The van der Waals surface area contributed by atoms with Crippen LogP contribution < -0.4 is 0 Å². The van der Waals surface area contributed by atoms with Crippen molar-refractivity contribution in [2.45, 2.75) is 71.6 Å². The van der Waals surface area contributed by atoms with Crippen LogP contribution in [-0.2, 0) is 4.84 Å². The quantitative estimate of drug-likeness (QED) is 0.296. The molecule has 0 saturated carbocycles. The zero-order valence-corrected chi connectivity index (χ0v) is 10.7. The van der Waals surface area contributed by atoms with Gasteiger partial charge in [0.15, 0.2) is 0 Å². The van der Waals surface area contributed by atoms with Gasteiger partial charge in [-0.1, -0.05) is 51.1 Å². The van der Waals surface area contributed by atoms with Crippen molar-refractivity contribution in [3.63, 3.8) is 0 Å². The van der Waals surface area contributed by atoms with Gasteiger partial charge in [0.1, 0.15) is 7.11 Å². The standard InChI is InChI=1S/C13H27NO/c1-4-6-8-9-10-12-13(14-15-3)11-7-5-2/h4-12H2,1-3H3. The first kappa shape index (κ1) is 14.5. The molecule has 0 aromatic carbocycles. The van der Waals surface area contributed by atoms with Gasteiger partial charge in [-0.2, -0.15) is 0 Å². The summed E-state index contributed by atoms with van der Waals surface area (Å²) in [5.41, 5.74) is 1.25. The van der Waals surface area contributed by atoms with Gasteiger partial charge >= 0.3 is 0 Å². The first-order valence-corrected chi connectivity index (χ1v) is 6.44. The van der Waals surface area contributed by atoms with Crippen molar-refractivity contribution in [2.75, 3.05) is 7.11 Å². The first-order chi connectivity index (χ1) is 7.35. The fourth-order valence-electron chi connectivity index (χ4n) is 1.66. The van der Waals surface area contributed by atoms with Gasteiger partial charge in [0.2, 0.25) is 0 Å². The maximum atomic E-state index is 4.87. The molecule has 90 valence electrons. The Labute approximate surface area is 95.1 Å². The van der Waals surface area contributed by atoms with Crippen molar-refractivity contribution in [1.82, 2.24) is 0 Å². The summed E-state index contributed by atoms with van der Waals surface area (Å²) in [7, 11) is 1.64. The molecule has 2 nitrogen and oxygen atoms in total. The number of hydrogen-bond donors (Lipinski definition) is 0. The van der Waals surface area contributed by atoms with Crippen LogP contribution in [0.4, 0.5) is 0 Å². The zero-order chi connectivity index (χ0) is 11.4. The summed E-state index contributed by atoms with van der Waals surface area (Å²) < 4.78 is 0. The lowest BCUT2D eigenvalue weighted by molar-refractivity contribution is 0.211. The summed E-state index contributed by atoms with van der Waals surface area (Å²) in [4.78, 5) is 4.87. The normalized spacial score (nSPS) is 11.8. The molecule has 0 aromatic rings. The molecule has 2 heteroatoms. The molecule has 0 unspecified atom stereocenters. The molecule has 0 atom stereocenters. The van der Waals surface area contributed by atoms with Crippen molar-refractivity contribution in [3.8, 4) is 0 Å². The summed E-state index contributed by atoms with van der Waals surface area (Å²) in [6.45, 7) is 4.46. The van der Waals surface area contributed by atoms with Gasteiger partial charge in [0.25, 0.3) is 0 Å². The largest absolute Gasteiger partial charge is 0.399 e. The van der Waals surface area contributed by atoms with Crippen LogP contribution >= 0.6 is 0 Å². The van der Waals surface area contributed by atoms with Crippen LogP contribution in [-0.4, -0.2) is 12.8 Å². The van der Waals surface area contributed by atoms with Crippen LogP contribution in [0.1, 0.15) is 71.6 Å². The second-order valence-corrected chi connectivity index (χ2v) is 4.11. The first-order valence-electron chi connectivity index (χ1n) is 6.44. The van der Waals surface area contributed by atoms with Crippen LogP contribution in [0.3, 0.4) is 0 Å². The summed E-state index contributed by atoms with van der Waals surface area (Å²) in [6.07, 6.45) is 11.4. The minimum Gasteiger partial charge on any atom is -0.399 e. The summed E-state index contributed by atoms with van der Waals surface area (Å²) in [5, 5.41) is 4.10. The third-order valence-corrected chi connectivity index (χ3v) is 2.61. The second-order valence-electron chi connectivity index (χ2n) is 4.11. The monoisotopic (exact) mass is 213 g/mol. The minimum absolute atomic E-state index is 1.11. The number of hydrogen-bond acceptors (Lipinski definition) is 2. The van der Waals surface area contributed by atoms with E-state index in [0.29, 0.717) is 0 Å². The SMILES string of the molecule is CCCCCCCC(CCCC)=NOC. The topological polar surface area (TPSA) is 21.6 Å². The Kier molecular flexibility index (Phi) is 11.1. The van der Waals surface area contributed by atoms with Gasteiger partial charge in [-0.25, -0.2) is 0 Å². The molecular formula is C13H27NO. The summed E-state index contributed by atoms with van der Waals surface area (Å²) in [5.74, 6) is 0. The summed E-state index contributed by atoms with van der Waals surface area (Å²) in [6, 6.07) is 0. The average Bonchev–Trinajstić information content (AvgIpc) is 2.25. The third-order valence-electron chi connectivity index (χ3n) is 2.61. The number of nitrogens with zero attached hydrogens (tertiary/aromatic N) is 1. The molecule has 0 heterocycles. The molecule has 0 spiro atoms. The highest BCUT2D eigenvalue weighted by Gasteiger charge is 2.00. The van der Waals surface area contributed by atoms with E-state index in [0.717, 1.165) is 12.8 Å². The lowest BCUT2D eigenvalue weighted by atomic mass is 10.1. The van der Waals surface area contributed by atoms with E-state index in [1.54, 1.807) is 7.11 Å². The van der Waals surface area contributed by atoms with E-state index in [-0.39, 0.29) is 0 Å². The maximum absolute atomic E-state index is 4.87. The lowest BCUT2D eigenvalue weighted by Crippen LogP contribution is -1.99. The van der Waals surface area contributed by atoms with Crippen molar-refractivity contribution in [2.24, 2.45) is 5.16 Å². The van der Waals surface area contributed by atoms with Crippen molar-refractivity contribution in [1.29, 1.82) is 0 Å². The van der Waals surface area contributed by atoms with Crippen LogP contribution in [0.15, 0.2) is 5.16 Å². The van der Waals surface area contributed by atoms with Crippen molar-refractivity contribution < 1.29 is 4.84 Å². The minimum atomic E-state index is 1.11. The van der Waals surface area contributed by atoms with Crippen molar-refractivity contribution in [3.05, 3.63) is 0 Å².